The van der Waals surface area contributed by atoms with Crippen LogP contribution in [-0.4, -0.2) is 77.7 Å². The van der Waals surface area contributed by atoms with Crippen LogP contribution < -0.4 is 0 Å². The summed E-state index contributed by atoms with van der Waals surface area (Å²) in [5, 5.41) is 0. The Morgan fingerprint density at radius 2 is 1.24 bits per heavy atom. The minimum Gasteiger partial charge on any atom is -0.444 e. The molecule has 0 bridgehead atoms. The van der Waals surface area contributed by atoms with Gasteiger partial charge in [0.15, 0.2) is 0 Å². The fraction of sp³-hybridized carbons (Fsp3) is 0.684. The minimum atomic E-state index is -0.498. The highest BCUT2D eigenvalue weighted by atomic mass is 79.9. The van der Waals surface area contributed by atoms with Gasteiger partial charge in [0, 0.05) is 42.6 Å². The van der Waals surface area contributed by atoms with Gasteiger partial charge in [0.25, 0.3) is 0 Å². The first-order chi connectivity index (χ1) is 22.9. The highest BCUT2D eigenvalue weighted by Crippen LogP contribution is 2.48. The molecule has 0 atom stereocenters. The Balaban J connectivity index is 0.000000194. The van der Waals surface area contributed by atoms with Crippen molar-refractivity contribution in [3.8, 4) is 0 Å². The van der Waals surface area contributed by atoms with Crippen LogP contribution in [0.15, 0.2) is 34.2 Å². The summed E-state index contributed by atoms with van der Waals surface area (Å²) in [4.78, 5) is 27.7. The van der Waals surface area contributed by atoms with Gasteiger partial charge < -0.3 is 28.6 Å². The standard InChI is InChI=1S/C19H32BNO4.C19H22BrF2NO2/c1-16(2,3)23-15(22)21-12-19(13-21)10-8-14(9-11-19)20-24-17(4,5)18(6,7)25-20;1-18(2,3)25-17(24)23-10-19(11-23)6-4-12(5-7-19)14-8-13(21)9-15(20)16(14)22/h8H,9-13H2,1-7H3;4,8-9H,5-7,10-11H2,1-3H3. The third-order valence-corrected chi connectivity index (χ3v) is 11.3. The number of hydrogen-bond donors (Lipinski definition) is 0. The Labute approximate surface area is 305 Å². The van der Waals surface area contributed by atoms with E-state index < -0.39 is 22.8 Å². The van der Waals surface area contributed by atoms with Crippen LogP contribution in [0, 0.1) is 22.5 Å². The first-order valence-electron chi connectivity index (χ1n) is 17.8. The molecule has 2 amide bonds. The molecule has 3 heterocycles. The second-order valence-corrected chi connectivity index (χ2v) is 18.8. The summed E-state index contributed by atoms with van der Waals surface area (Å²) in [5.74, 6) is -0.878. The van der Waals surface area contributed by atoms with Crippen LogP contribution in [0.2, 0.25) is 0 Å². The SMILES string of the molecule is CC(C)(C)OC(=O)N1CC2(CC=C(B3OC(C)(C)C(C)(C)O3)CC2)C1.CC(C)(C)OC(=O)N1CC2(CC=C(c3cc(F)cc(Br)c3F)CC2)C1. The predicted octanol–water partition coefficient (Wildman–Crippen LogP) is 9.50. The summed E-state index contributed by atoms with van der Waals surface area (Å²) in [5.41, 5.74) is 1.14. The third kappa shape index (κ3) is 8.60. The molecule has 2 aliphatic carbocycles. The highest BCUT2D eigenvalue weighted by Gasteiger charge is 2.54. The molecule has 3 fully saturated rings. The summed E-state index contributed by atoms with van der Waals surface area (Å²) >= 11 is 3.06. The van der Waals surface area contributed by atoms with Gasteiger partial charge in [-0.05, 0) is 147 Å². The van der Waals surface area contributed by atoms with Crippen molar-refractivity contribution < 1.29 is 37.2 Å². The fourth-order valence-electron chi connectivity index (χ4n) is 7.16. The van der Waals surface area contributed by atoms with Crippen molar-refractivity contribution in [2.75, 3.05) is 26.2 Å². The number of allylic oxidation sites excluding steroid dienone is 4. The lowest BCUT2D eigenvalue weighted by Gasteiger charge is -2.51. The molecule has 12 heteroatoms. The van der Waals surface area contributed by atoms with E-state index in [0.717, 1.165) is 56.8 Å². The molecule has 0 unspecified atom stereocenters. The summed E-state index contributed by atoms with van der Waals surface area (Å²) in [6.45, 7) is 22.5. The number of ether oxygens (including phenoxy) is 2. The minimum absolute atomic E-state index is 0.0431. The second kappa shape index (κ2) is 13.5. The van der Waals surface area contributed by atoms with Gasteiger partial charge >= 0.3 is 19.3 Å². The maximum Gasteiger partial charge on any atom is 0.490 e. The smallest absolute Gasteiger partial charge is 0.444 e. The van der Waals surface area contributed by atoms with E-state index >= 15 is 0 Å². The summed E-state index contributed by atoms with van der Waals surface area (Å²) in [6, 6.07) is 2.38. The molecule has 0 aromatic heterocycles. The maximum absolute atomic E-state index is 14.3. The van der Waals surface area contributed by atoms with Crippen molar-refractivity contribution in [2.24, 2.45) is 10.8 Å². The van der Waals surface area contributed by atoms with E-state index in [9.17, 15) is 18.4 Å². The molecule has 0 saturated carbocycles. The number of rotatable bonds is 2. The quantitative estimate of drug-likeness (QED) is 0.221. The van der Waals surface area contributed by atoms with Crippen molar-refractivity contribution in [1.29, 1.82) is 0 Å². The lowest BCUT2D eigenvalue weighted by molar-refractivity contribution is -0.0381. The average Bonchev–Trinajstić information content (AvgIpc) is 3.17. The van der Waals surface area contributed by atoms with Gasteiger partial charge in [0.1, 0.15) is 22.8 Å². The number of amides is 2. The first kappa shape index (κ1) is 38.8. The van der Waals surface area contributed by atoms with Crippen LogP contribution in [0.5, 0.6) is 0 Å². The zero-order valence-electron chi connectivity index (χ0n) is 31.4. The Morgan fingerprint density at radius 1 is 0.780 bits per heavy atom. The van der Waals surface area contributed by atoms with E-state index in [1.54, 1.807) is 4.90 Å². The second-order valence-electron chi connectivity index (χ2n) is 17.9. The van der Waals surface area contributed by atoms with Gasteiger partial charge in [0.2, 0.25) is 0 Å². The predicted molar refractivity (Wildman–Crippen MR) is 194 cm³/mol. The van der Waals surface area contributed by atoms with Gasteiger partial charge in [0.05, 0.1) is 15.7 Å². The number of carbonyl (C=O) groups excluding carboxylic acids is 2. The Hall–Kier alpha value is -2.44. The largest absolute Gasteiger partial charge is 0.490 e. The van der Waals surface area contributed by atoms with E-state index in [-0.39, 0.29) is 45.8 Å². The Morgan fingerprint density at radius 3 is 1.64 bits per heavy atom. The van der Waals surface area contributed by atoms with Gasteiger partial charge in [-0.15, -0.1) is 0 Å². The van der Waals surface area contributed by atoms with Crippen molar-refractivity contribution in [1.82, 2.24) is 9.80 Å². The van der Waals surface area contributed by atoms with E-state index in [0.29, 0.717) is 25.1 Å². The van der Waals surface area contributed by atoms with Crippen molar-refractivity contribution in [2.45, 2.75) is 130 Å². The molecule has 8 nitrogen and oxygen atoms in total. The number of hydrogen-bond acceptors (Lipinski definition) is 6. The Kier molecular flexibility index (Phi) is 10.5. The molecule has 5 aliphatic rings. The molecular formula is C38H54BBrF2N2O6. The molecular weight excluding hydrogens is 709 g/mol. The van der Waals surface area contributed by atoms with Crippen LogP contribution in [0.4, 0.5) is 18.4 Å². The number of carbonyl (C=O) groups is 2. The third-order valence-electron chi connectivity index (χ3n) is 10.8. The molecule has 3 aliphatic heterocycles. The monoisotopic (exact) mass is 762 g/mol. The molecule has 0 radical (unpaired) electrons. The molecule has 0 N–H and O–H groups in total. The van der Waals surface area contributed by atoms with Crippen LogP contribution in [0.1, 0.15) is 113 Å². The van der Waals surface area contributed by atoms with Crippen LogP contribution >= 0.6 is 15.9 Å². The van der Waals surface area contributed by atoms with E-state index in [2.05, 4.69) is 49.7 Å². The van der Waals surface area contributed by atoms with Gasteiger partial charge in [-0.3, -0.25) is 0 Å². The normalized spacial score (nSPS) is 23.3. The van der Waals surface area contributed by atoms with Crippen LogP contribution in [-0.2, 0) is 18.8 Å². The summed E-state index contributed by atoms with van der Waals surface area (Å²) in [7, 11) is -0.232. The van der Waals surface area contributed by atoms with Gasteiger partial charge in [-0.25, -0.2) is 18.4 Å². The Bertz CT molecular complexity index is 1530. The topological polar surface area (TPSA) is 77.5 Å². The lowest BCUT2D eigenvalue weighted by atomic mass is 9.63. The molecule has 1 aromatic rings. The number of likely N-dealkylation sites (tertiary alicyclic amines) is 2. The number of halogens is 3. The summed E-state index contributed by atoms with van der Waals surface area (Å²) in [6.07, 6.45) is 9.09. The fourth-order valence-corrected chi connectivity index (χ4v) is 7.59. The van der Waals surface area contributed by atoms with E-state index in [4.69, 9.17) is 18.8 Å². The van der Waals surface area contributed by atoms with Crippen LogP contribution in [0.3, 0.4) is 0 Å². The van der Waals surface area contributed by atoms with Crippen molar-refractivity contribution >= 4 is 40.8 Å². The molecule has 276 valence electrons. The maximum atomic E-state index is 14.3. The molecule has 1 aromatic carbocycles. The average molecular weight is 764 g/mol. The number of nitrogens with zero attached hydrogens (tertiary/aromatic N) is 2. The number of benzene rings is 1. The molecule has 6 rings (SSSR count). The zero-order valence-corrected chi connectivity index (χ0v) is 33.0. The molecule has 3 saturated heterocycles. The first-order valence-corrected chi connectivity index (χ1v) is 18.5. The van der Waals surface area contributed by atoms with Crippen molar-refractivity contribution in [3.63, 3.8) is 0 Å². The molecule has 2 spiro atoms. The van der Waals surface area contributed by atoms with Crippen LogP contribution in [0.25, 0.3) is 5.57 Å². The summed E-state index contributed by atoms with van der Waals surface area (Å²) < 4.78 is 51.1. The van der Waals surface area contributed by atoms with Crippen molar-refractivity contribution in [3.05, 3.63) is 51.4 Å². The molecule has 50 heavy (non-hydrogen) atoms. The highest BCUT2D eigenvalue weighted by molar-refractivity contribution is 9.10. The zero-order chi connectivity index (χ0) is 37.1. The van der Waals surface area contributed by atoms with E-state index in [1.165, 1.54) is 11.5 Å². The van der Waals surface area contributed by atoms with Gasteiger partial charge in [-0.2, -0.15) is 0 Å². The van der Waals surface area contributed by atoms with E-state index in [1.807, 2.05) is 52.5 Å². The van der Waals surface area contributed by atoms with Gasteiger partial charge in [-0.1, -0.05) is 12.2 Å². The lowest BCUT2D eigenvalue weighted by Crippen LogP contribution is -2.59.